The van der Waals surface area contributed by atoms with Crippen LogP contribution in [-0.4, -0.2) is 0 Å². The predicted molar refractivity (Wildman–Crippen MR) is 109 cm³/mol. The lowest BCUT2D eigenvalue weighted by Gasteiger charge is -2.19. The molecule has 0 N–H and O–H groups in total. The lowest BCUT2D eigenvalue weighted by atomic mass is 9.94. The Labute approximate surface area is 171 Å². The molecule has 0 spiro atoms. The molecule has 1 unspecified atom stereocenters. The first-order valence-corrected chi connectivity index (χ1v) is 10.1. The summed E-state index contributed by atoms with van der Waals surface area (Å²) >= 11 is 7.59. The van der Waals surface area contributed by atoms with E-state index < -0.39 is 11.7 Å². The van der Waals surface area contributed by atoms with Gasteiger partial charge in [-0.2, -0.15) is 13.2 Å². The minimum absolute atomic E-state index is 0.0896. The molecule has 0 aliphatic heterocycles. The normalized spacial score (nSPS) is 12.8. The Hall–Kier alpha value is -1.98. The zero-order chi connectivity index (χ0) is 20.5. The highest BCUT2D eigenvalue weighted by molar-refractivity contribution is 7.10. The van der Waals surface area contributed by atoms with E-state index in [1.54, 1.807) is 11.3 Å². The molecule has 0 saturated carbocycles. The fraction of sp³-hybridized carbons (Fsp3) is 0.273. The van der Waals surface area contributed by atoms with Crippen molar-refractivity contribution < 1.29 is 17.9 Å². The van der Waals surface area contributed by atoms with E-state index >= 15 is 0 Å². The van der Waals surface area contributed by atoms with Crippen molar-refractivity contribution in [1.82, 2.24) is 0 Å². The van der Waals surface area contributed by atoms with Crippen LogP contribution in [0.5, 0.6) is 5.75 Å². The molecular formula is C22H20ClF3OS. The monoisotopic (exact) mass is 424 g/mol. The molecule has 1 heterocycles. The van der Waals surface area contributed by atoms with Crippen LogP contribution < -0.4 is 4.74 Å². The highest BCUT2D eigenvalue weighted by Crippen LogP contribution is 2.36. The first-order valence-electron chi connectivity index (χ1n) is 8.88. The number of rotatable bonds is 5. The summed E-state index contributed by atoms with van der Waals surface area (Å²) < 4.78 is 44.6. The van der Waals surface area contributed by atoms with Crippen LogP contribution in [0.4, 0.5) is 13.2 Å². The van der Waals surface area contributed by atoms with Gasteiger partial charge in [0.1, 0.15) is 11.9 Å². The van der Waals surface area contributed by atoms with Crippen molar-refractivity contribution in [3.8, 4) is 16.9 Å². The van der Waals surface area contributed by atoms with Gasteiger partial charge in [-0.1, -0.05) is 30.7 Å². The maximum Gasteiger partial charge on any atom is 0.416 e. The molecule has 0 aliphatic rings. The fourth-order valence-electron chi connectivity index (χ4n) is 3.28. The van der Waals surface area contributed by atoms with Crippen LogP contribution in [-0.2, 0) is 6.18 Å². The van der Waals surface area contributed by atoms with E-state index in [-0.39, 0.29) is 6.10 Å². The van der Waals surface area contributed by atoms with E-state index in [0.29, 0.717) is 5.02 Å². The Morgan fingerprint density at radius 2 is 1.64 bits per heavy atom. The van der Waals surface area contributed by atoms with Gasteiger partial charge in [-0.25, -0.2) is 0 Å². The van der Waals surface area contributed by atoms with Crippen molar-refractivity contribution in [1.29, 1.82) is 0 Å². The summed E-state index contributed by atoms with van der Waals surface area (Å²) in [5.74, 6) is 0.738. The molecule has 28 heavy (non-hydrogen) atoms. The molecule has 3 aromatic rings. The smallest absolute Gasteiger partial charge is 0.416 e. The van der Waals surface area contributed by atoms with Crippen LogP contribution in [0.15, 0.2) is 47.8 Å². The Morgan fingerprint density at radius 3 is 2.11 bits per heavy atom. The Morgan fingerprint density at radius 1 is 1.04 bits per heavy atom. The summed E-state index contributed by atoms with van der Waals surface area (Å²) in [6, 6.07) is 11.0. The van der Waals surface area contributed by atoms with Crippen LogP contribution in [0.25, 0.3) is 11.1 Å². The summed E-state index contributed by atoms with van der Waals surface area (Å²) in [6.45, 7) is 5.93. The zero-order valence-electron chi connectivity index (χ0n) is 15.7. The molecule has 0 radical (unpaired) electrons. The second-order valence-electron chi connectivity index (χ2n) is 6.69. The third kappa shape index (κ3) is 4.53. The molecule has 0 fully saturated rings. The van der Waals surface area contributed by atoms with Gasteiger partial charge in [-0.15, -0.1) is 11.3 Å². The summed E-state index contributed by atoms with van der Waals surface area (Å²) in [5, 5.41) is 2.58. The standard InChI is InChI=1S/C22H20ClF3OS/c1-4-19(20-11-17(23)12-28-20)27-18-9-13(2)21(14(3)10-18)15-5-7-16(8-6-15)22(24,25)26/h5-12,19H,4H2,1-3H3. The summed E-state index contributed by atoms with van der Waals surface area (Å²) in [4.78, 5) is 1.06. The van der Waals surface area contributed by atoms with Crippen molar-refractivity contribution in [3.63, 3.8) is 0 Å². The van der Waals surface area contributed by atoms with Crippen LogP contribution >= 0.6 is 22.9 Å². The van der Waals surface area contributed by atoms with Gasteiger partial charge >= 0.3 is 6.18 Å². The van der Waals surface area contributed by atoms with Gasteiger partial charge in [-0.05, 0) is 72.9 Å². The second-order valence-corrected chi connectivity index (χ2v) is 8.07. The molecule has 0 aliphatic carbocycles. The van der Waals surface area contributed by atoms with Crippen molar-refractivity contribution in [3.05, 3.63) is 74.4 Å². The molecule has 0 amide bonds. The van der Waals surface area contributed by atoms with E-state index in [9.17, 15) is 13.2 Å². The number of hydrogen-bond acceptors (Lipinski definition) is 2. The maximum atomic E-state index is 12.8. The lowest BCUT2D eigenvalue weighted by Crippen LogP contribution is -2.05. The molecule has 3 rings (SSSR count). The molecule has 0 saturated heterocycles. The van der Waals surface area contributed by atoms with E-state index in [1.165, 1.54) is 12.1 Å². The van der Waals surface area contributed by atoms with Crippen molar-refractivity contribution in [2.24, 2.45) is 0 Å². The highest BCUT2D eigenvalue weighted by atomic mass is 35.5. The molecule has 1 nitrogen and oxygen atoms in total. The number of hydrogen-bond donors (Lipinski definition) is 0. The number of thiophene rings is 1. The molecule has 0 bridgehead atoms. The fourth-order valence-corrected chi connectivity index (χ4v) is 4.47. The van der Waals surface area contributed by atoms with E-state index in [1.807, 2.05) is 37.4 Å². The Kier molecular flexibility index (Phi) is 6.06. The second kappa shape index (κ2) is 8.18. The van der Waals surface area contributed by atoms with Crippen LogP contribution in [0, 0.1) is 13.8 Å². The van der Waals surface area contributed by atoms with Crippen LogP contribution in [0.2, 0.25) is 5.02 Å². The van der Waals surface area contributed by atoms with Gasteiger partial charge in [-0.3, -0.25) is 0 Å². The van der Waals surface area contributed by atoms with Crippen LogP contribution in [0.1, 0.15) is 41.0 Å². The highest BCUT2D eigenvalue weighted by Gasteiger charge is 2.30. The first kappa shape index (κ1) is 20.7. The zero-order valence-corrected chi connectivity index (χ0v) is 17.3. The van der Waals surface area contributed by atoms with Gasteiger partial charge in [0.05, 0.1) is 10.6 Å². The molecule has 6 heteroatoms. The number of ether oxygens (including phenoxy) is 1. The number of alkyl halides is 3. The molecular weight excluding hydrogens is 405 g/mol. The minimum atomic E-state index is -4.33. The largest absolute Gasteiger partial charge is 0.485 e. The minimum Gasteiger partial charge on any atom is -0.485 e. The third-order valence-corrected chi connectivity index (χ3v) is 5.93. The lowest BCUT2D eigenvalue weighted by molar-refractivity contribution is -0.137. The van der Waals surface area contributed by atoms with Crippen molar-refractivity contribution in [2.75, 3.05) is 0 Å². The molecule has 1 aromatic heterocycles. The summed E-state index contributed by atoms with van der Waals surface area (Å²) in [6.07, 6.45) is -3.62. The molecule has 148 valence electrons. The van der Waals surface area contributed by atoms with Crippen LogP contribution in [0.3, 0.4) is 0 Å². The van der Waals surface area contributed by atoms with Crippen molar-refractivity contribution >= 4 is 22.9 Å². The quantitative estimate of drug-likeness (QED) is 0.400. The average molecular weight is 425 g/mol. The summed E-state index contributed by atoms with van der Waals surface area (Å²) in [5.41, 5.74) is 2.94. The summed E-state index contributed by atoms with van der Waals surface area (Å²) in [7, 11) is 0. The predicted octanol–water partition coefficient (Wildman–Crippen LogP) is 8.23. The van der Waals surface area contributed by atoms with Gasteiger partial charge < -0.3 is 4.74 Å². The number of aryl methyl sites for hydroxylation is 2. The molecule has 1 atom stereocenters. The topological polar surface area (TPSA) is 9.23 Å². The first-order chi connectivity index (χ1) is 13.2. The third-order valence-electron chi connectivity index (χ3n) is 4.56. The van der Waals surface area contributed by atoms with E-state index in [2.05, 4.69) is 6.92 Å². The molecule has 2 aromatic carbocycles. The number of benzene rings is 2. The SMILES string of the molecule is CCC(Oc1cc(C)c(-c2ccc(C(F)(F)F)cc2)c(C)c1)c1cc(Cl)cs1. The number of halogens is 4. The van der Waals surface area contributed by atoms with E-state index in [4.69, 9.17) is 16.3 Å². The van der Waals surface area contributed by atoms with E-state index in [0.717, 1.165) is 51.4 Å². The maximum absolute atomic E-state index is 12.8. The van der Waals surface area contributed by atoms with Gasteiger partial charge in [0.2, 0.25) is 0 Å². The Balaban J connectivity index is 1.88. The average Bonchev–Trinajstić information content (AvgIpc) is 3.05. The van der Waals surface area contributed by atoms with Gasteiger partial charge in [0, 0.05) is 10.3 Å². The van der Waals surface area contributed by atoms with Crippen molar-refractivity contribution in [2.45, 2.75) is 39.5 Å². The Bertz CT molecular complexity index is 938. The van der Waals surface area contributed by atoms with Gasteiger partial charge in [0.15, 0.2) is 0 Å². The van der Waals surface area contributed by atoms with Gasteiger partial charge in [0.25, 0.3) is 0 Å².